The maximum Gasteiger partial charge on any atom is 0.320 e. The van der Waals surface area contributed by atoms with Crippen LogP contribution in [0.25, 0.3) is 0 Å². The molecule has 0 N–H and O–H groups in total. The third-order valence-corrected chi connectivity index (χ3v) is 3.88. The van der Waals surface area contributed by atoms with Crippen molar-refractivity contribution in [2.24, 2.45) is 0 Å². The Morgan fingerprint density at radius 3 is 2.65 bits per heavy atom. The van der Waals surface area contributed by atoms with Crippen LogP contribution in [0.4, 0.5) is 4.79 Å². The van der Waals surface area contributed by atoms with E-state index in [2.05, 4.69) is 11.8 Å². The van der Waals surface area contributed by atoms with E-state index in [0.29, 0.717) is 19.3 Å². The highest BCUT2D eigenvalue weighted by Crippen LogP contribution is 2.20. The van der Waals surface area contributed by atoms with Crippen molar-refractivity contribution >= 4 is 6.03 Å². The first kappa shape index (κ1) is 12.7. The zero-order chi connectivity index (χ0) is 12.1. The van der Waals surface area contributed by atoms with E-state index in [1.807, 2.05) is 4.90 Å². The van der Waals surface area contributed by atoms with Crippen molar-refractivity contribution in [2.45, 2.75) is 45.1 Å². The summed E-state index contributed by atoms with van der Waals surface area (Å²) in [5.41, 5.74) is 0. The molecule has 0 aliphatic carbocycles. The van der Waals surface area contributed by atoms with E-state index in [0.717, 1.165) is 32.5 Å². The molecule has 2 saturated heterocycles. The lowest BCUT2D eigenvalue weighted by Gasteiger charge is -2.36. The van der Waals surface area contributed by atoms with Crippen molar-refractivity contribution in [1.82, 2.24) is 9.80 Å². The Kier molecular flexibility index (Phi) is 4.66. The standard InChI is InChI=1S/C13H24N2O2/c1-2-12-6-4-3-5-7-15(12)13(16)14-8-10-17-11-9-14/h12H,2-11H2,1H3. The highest BCUT2D eigenvalue weighted by molar-refractivity contribution is 5.75. The molecular weight excluding hydrogens is 216 g/mol. The first-order chi connectivity index (χ1) is 8.33. The number of hydrogen-bond acceptors (Lipinski definition) is 2. The summed E-state index contributed by atoms with van der Waals surface area (Å²) in [4.78, 5) is 16.5. The van der Waals surface area contributed by atoms with Crippen LogP contribution in [-0.4, -0.2) is 54.7 Å². The number of nitrogens with zero attached hydrogens (tertiary/aromatic N) is 2. The quantitative estimate of drug-likeness (QED) is 0.703. The van der Waals surface area contributed by atoms with Gasteiger partial charge in [0.2, 0.25) is 0 Å². The van der Waals surface area contributed by atoms with E-state index < -0.39 is 0 Å². The number of ether oxygens (including phenoxy) is 1. The van der Waals surface area contributed by atoms with Gasteiger partial charge in [-0.05, 0) is 19.3 Å². The normalized spacial score (nSPS) is 26.8. The van der Waals surface area contributed by atoms with Gasteiger partial charge in [0, 0.05) is 25.7 Å². The number of amides is 2. The van der Waals surface area contributed by atoms with Crippen molar-refractivity contribution in [3.63, 3.8) is 0 Å². The Bertz CT molecular complexity index is 252. The predicted molar refractivity (Wildman–Crippen MR) is 67.0 cm³/mol. The molecule has 2 aliphatic heterocycles. The second kappa shape index (κ2) is 6.24. The molecule has 98 valence electrons. The second-order valence-corrected chi connectivity index (χ2v) is 4.99. The summed E-state index contributed by atoms with van der Waals surface area (Å²) in [6.07, 6.45) is 5.95. The molecule has 0 radical (unpaired) electrons. The average Bonchev–Trinajstić information content (AvgIpc) is 2.64. The van der Waals surface area contributed by atoms with Gasteiger partial charge in [-0.1, -0.05) is 19.8 Å². The smallest absolute Gasteiger partial charge is 0.320 e. The van der Waals surface area contributed by atoms with Crippen LogP contribution >= 0.6 is 0 Å². The molecule has 0 aromatic carbocycles. The lowest BCUT2D eigenvalue weighted by molar-refractivity contribution is 0.0391. The zero-order valence-electron chi connectivity index (χ0n) is 10.9. The van der Waals surface area contributed by atoms with Gasteiger partial charge >= 0.3 is 6.03 Å². The first-order valence-electron chi connectivity index (χ1n) is 6.96. The number of hydrogen-bond donors (Lipinski definition) is 0. The van der Waals surface area contributed by atoms with E-state index in [1.54, 1.807) is 0 Å². The van der Waals surface area contributed by atoms with Crippen LogP contribution in [-0.2, 0) is 4.74 Å². The van der Waals surface area contributed by atoms with Gasteiger partial charge in [0.15, 0.2) is 0 Å². The third kappa shape index (κ3) is 3.12. The van der Waals surface area contributed by atoms with E-state index in [9.17, 15) is 4.79 Å². The molecule has 1 unspecified atom stereocenters. The Balaban J connectivity index is 1.98. The Morgan fingerprint density at radius 2 is 1.94 bits per heavy atom. The summed E-state index contributed by atoms with van der Waals surface area (Å²) in [6, 6.07) is 0.690. The number of carbonyl (C=O) groups excluding carboxylic acids is 1. The number of urea groups is 1. The van der Waals surface area contributed by atoms with E-state index >= 15 is 0 Å². The lowest BCUT2D eigenvalue weighted by Crippen LogP contribution is -2.51. The number of morpholine rings is 1. The molecule has 0 aromatic heterocycles. The molecular formula is C13H24N2O2. The van der Waals surface area contributed by atoms with E-state index in [-0.39, 0.29) is 6.03 Å². The minimum Gasteiger partial charge on any atom is -0.378 e. The predicted octanol–water partition coefficient (Wildman–Crippen LogP) is 2.09. The molecule has 2 aliphatic rings. The molecule has 0 saturated carbocycles. The molecule has 2 fully saturated rings. The van der Waals surface area contributed by atoms with Gasteiger partial charge in [-0.25, -0.2) is 4.79 Å². The van der Waals surface area contributed by atoms with Crippen LogP contribution in [0.15, 0.2) is 0 Å². The van der Waals surface area contributed by atoms with Crippen LogP contribution in [0, 0.1) is 0 Å². The molecule has 4 nitrogen and oxygen atoms in total. The molecule has 2 heterocycles. The summed E-state index contributed by atoms with van der Waals surface area (Å²) >= 11 is 0. The molecule has 0 aromatic rings. The van der Waals surface area contributed by atoms with Gasteiger partial charge in [-0.2, -0.15) is 0 Å². The zero-order valence-corrected chi connectivity index (χ0v) is 10.9. The van der Waals surface area contributed by atoms with E-state index in [4.69, 9.17) is 4.74 Å². The SMILES string of the molecule is CCC1CCCCCN1C(=O)N1CCOCC1. The van der Waals surface area contributed by atoms with Gasteiger partial charge in [0.25, 0.3) is 0 Å². The first-order valence-corrected chi connectivity index (χ1v) is 6.96. The van der Waals surface area contributed by atoms with Crippen LogP contribution in [0.1, 0.15) is 39.0 Å². The van der Waals surface area contributed by atoms with Gasteiger partial charge in [0.05, 0.1) is 13.2 Å². The van der Waals surface area contributed by atoms with Gasteiger partial charge < -0.3 is 14.5 Å². The number of likely N-dealkylation sites (tertiary alicyclic amines) is 1. The Labute approximate surface area is 104 Å². The molecule has 17 heavy (non-hydrogen) atoms. The maximum atomic E-state index is 12.5. The van der Waals surface area contributed by atoms with Crippen LogP contribution < -0.4 is 0 Å². The minimum atomic E-state index is 0.238. The molecule has 2 rings (SSSR count). The topological polar surface area (TPSA) is 32.8 Å². The minimum absolute atomic E-state index is 0.238. The number of carbonyl (C=O) groups is 1. The van der Waals surface area contributed by atoms with Gasteiger partial charge in [-0.3, -0.25) is 0 Å². The second-order valence-electron chi connectivity index (χ2n) is 4.99. The molecule has 4 heteroatoms. The number of rotatable bonds is 1. The largest absolute Gasteiger partial charge is 0.378 e. The van der Waals surface area contributed by atoms with Gasteiger partial charge in [-0.15, -0.1) is 0 Å². The molecule has 1 atom stereocenters. The monoisotopic (exact) mass is 240 g/mol. The fraction of sp³-hybridized carbons (Fsp3) is 0.923. The molecule has 0 bridgehead atoms. The van der Waals surface area contributed by atoms with Crippen molar-refractivity contribution in [1.29, 1.82) is 0 Å². The lowest BCUT2D eigenvalue weighted by atomic mass is 10.1. The fourth-order valence-electron chi connectivity index (χ4n) is 2.79. The summed E-state index contributed by atoms with van der Waals surface area (Å²) in [7, 11) is 0. The van der Waals surface area contributed by atoms with Crippen molar-refractivity contribution in [2.75, 3.05) is 32.8 Å². The summed E-state index contributed by atoms with van der Waals surface area (Å²) in [6.45, 7) is 6.02. The van der Waals surface area contributed by atoms with Crippen LogP contribution in [0.5, 0.6) is 0 Å². The Hall–Kier alpha value is -0.770. The van der Waals surface area contributed by atoms with Crippen LogP contribution in [0.2, 0.25) is 0 Å². The summed E-state index contributed by atoms with van der Waals surface area (Å²) in [5.74, 6) is 0. The Morgan fingerprint density at radius 1 is 1.18 bits per heavy atom. The highest BCUT2D eigenvalue weighted by Gasteiger charge is 2.28. The highest BCUT2D eigenvalue weighted by atomic mass is 16.5. The summed E-state index contributed by atoms with van der Waals surface area (Å²) in [5, 5.41) is 0. The van der Waals surface area contributed by atoms with Crippen molar-refractivity contribution in [3.8, 4) is 0 Å². The molecule has 0 spiro atoms. The van der Waals surface area contributed by atoms with E-state index in [1.165, 1.54) is 19.3 Å². The fourth-order valence-corrected chi connectivity index (χ4v) is 2.79. The third-order valence-electron chi connectivity index (χ3n) is 3.88. The van der Waals surface area contributed by atoms with Crippen molar-refractivity contribution < 1.29 is 9.53 Å². The molecule has 2 amide bonds. The van der Waals surface area contributed by atoms with Gasteiger partial charge in [0.1, 0.15) is 0 Å². The van der Waals surface area contributed by atoms with Crippen LogP contribution in [0.3, 0.4) is 0 Å². The van der Waals surface area contributed by atoms with Crippen molar-refractivity contribution in [3.05, 3.63) is 0 Å². The average molecular weight is 240 g/mol. The summed E-state index contributed by atoms with van der Waals surface area (Å²) < 4.78 is 5.30. The maximum absolute atomic E-state index is 12.5.